The fourth-order valence-corrected chi connectivity index (χ4v) is 4.46. The average Bonchev–Trinajstić information content (AvgIpc) is 3.20. The monoisotopic (exact) mass is 427 g/mol. The molecule has 2 heterocycles. The summed E-state index contributed by atoms with van der Waals surface area (Å²) in [5, 5.41) is 0. The SMILES string of the molecule is COc1cccc(CCC(=O)N2CC3(CC(CCOCc4ccccc4F)CO3)C2)c1. The van der Waals surface area contributed by atoms with Crippen molar-refractivity contribution in [3.8, 4) is 5.75 Å². The number of aryl methyl sites for hydroxylation is 1. The molecule has 5 nitrogen and oxygen atoms in total. The molecule has 2 fully saturated rings. The molecule has 1 amide bonds. The molecule has 4 rings (SSSR count). The Morgan fingerprint density at radius 3 is 2.87 bits per heavy atom. The lowest BCUT2D eigenvalue weighted by atomic mass is 9.85. The number of carbonyl (C=O) groups is 1. The van der Waals surface area contributed by atoms with Gasteiger partial charge in [-0.3, -0.25) is 4.79 Å². The molecule has 2 saturated heterocycles. The van der Waals surface area contributed by atoms with Gasteiger partial charge >= 0.3 is 0 Å². The maximum Gasteiger partial charge on any atom is 0.223 e. The molecular formula is C25H30FNO4. The minimum Gasteiger partial charge on any atom is -0.497 e. The minimum atomic E-state index is -0.226. The number of hydrogen-bond donors (Lipinski definition) is 0. The van der Waals surface area contributed by atoms with E-state index in [0.29, 0.717) is 57.2 Å². The van der Waals surface area contributed by atoms with Crippen molar-refractivity contribution in [2.24, 2.45) is 5.92 Å². The highest BCUT2D eigenvalue weighted by atomic mass is 19.1. The first kappa shape index (κ1) is 21.8. The molecular weight excluding hydrogens is 397 g/mol. The topological polar surface area (TPSA) is 48.0 Å². The van der Waals surface area contributed by atoms with E-state index in [9.17, 15) is 9.18 Å². The van der Waals surface area contributed by atoms with Crippen LogP contribution in [0, 0.1) is 11.7 Å². The second kappa shape index (κ2) is 9.79. The Labute approximate surface area is 183 Å². The van der Waals surface area contributed by atoms with E-state index in [0.717, 1.165) is 24.2 Å². The summed E-state index contributed by atoms with van der Waals surface area (Å²) in [6.45, 7) is 2.94. The molecule has 31 heavy (non-hydrogen) atoms. The number of nitrogens with zero attached hydrogens (tertiary/aromatic N) is 1. The van der Waals surface area contributed by atoms with Crippen LogP contribution in [0.3, 0.4) is 0 Å². The molecule has 0 aromatic heterocycles. The third kappa shape index (κ3) is 5.43. The molecule has 2 aliphatic rings. The number of amides is 1. The Morgan fingerprint density at radius 1 is 1.23 bits per heavy atom. The van der Waals surface area contributed by atoms with Gasteiger partial charge in [0, 0.05) is 18.6 Å². The van der Waals surface area contributed by atoms with Crippen LogP contribution in [0.1, 0.15) is 30.4 Å². The summed E-state index contributed by atoms with van der Waals surface area (Å²) < 4.78 is 30.6. The van der Waals surface area contributed by atoms with Gasteiger partial charge in [0.05, 0.1) is 33.4 Å². The molecule has 1 atom stereocenters. The van der Waals surface area contributed by atoms with E-state index < -0.39 is 0 Å². The maximum absolute atomic E-state index is 13.6. The Kier molecular flexibility index (Phi) is 6.88. The average molecular weight is 428 g/mol. The predicted octanol–water partition coefficient (Wildman–Crippen LogP) is 3.99. The first-order valence-electron chi connectivity index (χ1n) is 10.9. The van der Waals surface area contributed by atoms with E-state index in [2.05, 4.69) is 0 Å². The Hall–Kier alpha value is -2.44. The van der Waals surface area contributed by atoms with Crippen molar-refractivity contribution in [1.82, 2.24) is 4.90 Å². The highest BCUT2D eigenvalue weighted by Crippen LogP contribution is 2.39. The Morgan fingerprint density at radius 2 is 2.06 bits per heavy atom. The van der Waals surface area contributed by atoms with Crippen LogP contribution in [0.2, 0.25) is 0 Å². The molecule has 0 saturated carbocycles. The van der Waals surface area contributed by atoms with Gasteiger partial charge in [0.15, 0.2) is 0 Å². The minimum absolute atomic E-state index is 0.175. The second-order valence-electron chi connectivity index (χ2n) is 8.60. The van der Waals surface area contributed by atoms with E-state index in [1.165, 1.54) is 6.07 Å². The van der Waals surface area contributed by atoms with Gasteiger partial charge in [0.25, 0.3) is 0 Å². The molecule has 166 valence electrons. The third-order valence-electron chi connectivity index (χ3n) is 6.24. The highest BCUT2D eigenvalue weighted by molar-refractivity contribution is 5.77. The zero-order valence-electron chi connectivity index (χ0n) is 18.0. The standard InChI is InChI=1S/C25H30FNO4/c1-29-22-7-4-5-19(13-22)9-10-24(28)27-17-25(18-27)14-20(15-31-25)11-12-30-16-21-6-2-3-8-23(21)26/h2-8,13,20H,9-12,14-18H2,1H3. The van der Waals surface area contributed by atoms with Crippen LogP contribution in [0.5, 0.6) is 5.75 Å². The number of likely N-dealkylation sites (tertiary alicyclic amines) is 1. The van der Waals surface area contributed by atoms with Crippen LogP contribution in [-0.2, 0) is 27.3 Å². The van der Waals surface area contributed by atoms with Crippen molar-refractivity contribution in [2.75, 3.05) is 33.4 Å². The van der Waals surface area contributed by atoms with E-state index in [-0.39, 0.29) is 17.3 Å². The van der Waals surface area contributed by atoms with Crippen molar-refractivity contribution in [2.45, 2.75) is 37.9 Å². The molecule has 1 spiro atoms. The van der Waals surface area contributed by atoms with Crippen molar-refractivity contribution in [3.05, 3.63) is 65.5 Å². The molecule has 6 heteroatoms. The Balaban J connectivity index is 1.14. The highest BCUT2D eigenvalue weighted by Gasteiger charge is 2.50. The summed E-state index contributed by atoms with van der Waals surface area (Å²) in [4.78, 5) is 14.4. The van der Waals surface area contributed by atoms with Crippen molar-refractivity contribution >= 4 is 5.91 Å². The first-order valence-corrected chi connectivity index (χ1v) is 10.9. The van der Waals surface area contributed by atoms with Gasteiger partial charge in [-0.1, -0.05) is 30.3 Å². The van der Waals surface area contributed by atoms with Gasteiger partial charge in [-0.2, -0.15) is 0 Å². The molecule has 2 aliphatic heterocycles. The van der Waals surface area contributed by atoms with Crippen LogP contribution in [0.4, 0.5) is 4.39 Å². The summed E-state index contributed by atoms with van der Waals surface area (Å²) in [5.74, 6) is 1.19. The number of carbonyl (C=O) groups excluding carboxylic acids is 1. The number of hydrogen-bond acceptors (Lipinski definition) is 4. The number of halogens is 1. The lowest BCUT2D eigenvalue weighted by molar-refractivity contribution is -0.157. The van der Waals surface area contributed by atoms with Crippen LogP contribution < -0.4 is 4.74 Å². The number of methoxy groups -OCH3 is 1. The Bertz CT molecular complexity index is 897. The summed E-state index contributed by atoms with van der Waals surface area (Å²) in [6.07, 6.45) is 3.05. The molecule has 0 N–H and O–H groups in total. The van der Waals surface area contributed by atoms with Crippen LogP contribution in [-0.4, -0.2) is 49.8 Å². The zero-order valence-corrected chi connectivity index (χ0v) is 18.0. The molecule has 0 aliphatic carbocycles. The lowest BCUT2D eigenvalue weighted by Crippen LogP contribution is -2.63. The van der Waals surface area contributed by atoms with Crippen molar-refractivity contribution in [1.29, 1.82) is 0 Å². The summed E-state index contributed by atoms with van der Waals surface area (Å²) >= 11 is 0. The summed E-state index contributed by atoms with van der Waals surface area (Å²) in [7, 11) is 1.65. The zero-order chi connectivity index (χ0) is 21.7. The fraction of sp³-hybridized carbons (Fsp3) is 0.480. The van der Waals surface area contributed by atoms with E-state index >= 15 is 0 Å². The van der Waals surface area contributed by atoms with Crippen molar-refractivity contribution < 1.29 is 23.4 Å². The molecule has 1 unspecified atom stereocenters. The quantitative estimate of drug-likeness (QED) is 0.568. The van der Waals surface area contributed by atoms with E-state index in [1.807, 2.05) is 35.2 Å². The fourth-order valence-electron chi connectivity index (χ4n) is 4.46. The molecule has 2 aromatic carbocycles. The predicted molar refractivity (Wildman–Crippen MR) is 115 cm³/mol. The van der Waals surface area contributed by atoms with E-state index in [4.69, 9.17) is 14.2 Å². The maximum atomic E-state index is 13.6. The molecule has 0 bridgehead atoms. The summed E-state index contributed by atoms with van der Waals surface area (Å²) in [5.41, 5.74) is 1.51. The number of ether oxygens (including phenoxy) is 3. The van der Waals surface area contributed by atoms with Gasteiger partial charge in [-0.05, 0) is 48.9 Å². The third-order valence-corrected chi connectivity index (χ3v) is 6.24. The molecule has 0 radical (unpaired) electrons. The molecule has 2 aromatic rings. The number of rotatable bonds is 9. The van der Waals surface area contributed by atoms with Gasteiger partial charge in [-0.25, -0.2) is 4.39 Å². The first-order chi connectivity index (χ1) is 15.1. The second-order valence-corrected chi connectivity index (χ2v) is 8.60. The van der Waals surface area contributed by atoms with Crippen LogP contribution >= 0.6 is 0 Å². The lowest BCUT2D eigenvalue weighted by Gasteiger charge is -2.47. The van der Waals surface area contributed by atoms with Gasteiger partial charge in [0.2, 0.25) is 5.91 Å². The van der Waals surface area contributed by atoms with Crippen LogP contribution in [0.15, 0.2) is 48.5 Å². The van der Waals surface area contributed by atoms with Crippen molar-refractivity contribution in [3.63, 3.8) is 0 Å². The summed E-state index contributed by atoms with van der Waals surface area (Å²) in [6, 6.07) is 14.5. The van der Waals surface area contributed by atoms with Gasteiger partial charge < -0.3 is 19.1 Å². The normalized spacial score (nSPS) is 19.4. The van der Waals surface area contributed by atoms with Crippen LogP contribution in [0.25, 0.3) is 0 Å². The largest absolute Gasteiger partial charge is 0.497 e. The van der Waals surface area contributed by atoms with E-state index in [1.54, 1.807) is 19.2 Å². The smallest absolute Gasteiger partial charge is 0.223 e. The van der Waals surface area contributed by atoms with Gasteiger partial charge in [0.1, 0.15) is 17.2 Å². The number of benzene rings is 2. The van der Waals surface area contributed by atoms with Gasteiger partial charge in [-0.15, -0.1) is 0 Å².